The Morgan fingerprint density at radius 1 is 1.19 bits per heavy atom. The van der Waals surface area contributed by atoms with E-state index in [1.54, 1.807) is 4.68 Å². The van der Waals surface area contributed by atoms with E-state index in [0.29, 0.717) is 17.6 Å². The van der Waals surface area contributed by atoms with Crippen molar-refractivity contribution in [2.24, 2.45) is 18.9 Å². The molecular formula is C24H29N5O2S. The highest BCUT2D eigenvalue weighted by atomic mass is 32.2. The minimum atomic E-state index is -2.97. The predicted octanol–water partition coefficient (Wildman–Crippen LogP) is 3.53. The van der Waals surface area contributed by atoms with Gasteiger partial charge in [0.1, 0.15) is 11.1 Å². The van der Waals surface area contributed by atoms with E-state index in [1.807, 2.05) is 19.4 Å². The number of aryl methyl sites for hydroxylation is 2. The molecule has 1 aromatic carbocycles. The molecule has 7 nitrogen and oxygen atoms in total. The van der Waals surface area contributed by atoms with Crippen molar-refractivity contribution in [3.8, 4) is 11.3 Å². The molecule has 2 saturated heterocycles. The molecule has 1 N–H and O–H groups in total. The molecule has 0 spiro atoms. The average molecular weight is 452 g/mol. The number of fused-ring (bicyclic) bond motifs is 2. The summed E-state index contributed by atoms with van der Waals surface area (Å²) in [4.78, 5) is 2.25. The Balaban J connectivity index is 1.30. The van der Waals surface area contributed by atoms with Crippen LogP contribution in [0.1, 0.15) is 36.8 Å². The van der Waals surface area contributed by atoms with Gasteiger partial charge in [-0.25, -0.2) is 8.42 Å². The van der Waals surface area contributed by atoms with Gasteiger partial charge in [0.2, 0.25) is 0 Å². The minimum absolute atomic E-state index is 0.259. The number of aromatic amines is 1. The summed E-state index contributed by atoms with van der Waals surface area (Å²) >= 11 is 0. The predicted molar refractivity (Wildman–Crippen MR) is 126 cm³/mol. The van der Waals surface area contributed by atoms with Crippen molar-refractivity contribution in [2.45, 2.75) is 38.0 Å². The first-order valence-electron chi connectivity index (χ1n) is 11.5. The number of hydrogen-bond acceptors (Lipinski definition) is 5. The van der Waals surface area contributed by atoms with Gasteiger partial charge in [0.15, 0.2) is 9.84 Å². The van der Waals surface area contributed by atoms with Gasteiger partial charge in [0, 0.05) is 37.3 Å². The van der Waals surface area contributed by atoms with Gasteiger partial charge in [-0.05, 0) is 73.3 Å². The van der Waals surface area contributed by atoms with Crippen LogP contribution in [0.5, 0.6) is 0 Å². The Morgan fingerprint density at radius 2 is 2.06 bits per heavy atom. The van der Waals surface area contributed by atoms with Gasteiger partial charge in [-0.15, -0.1) is 0 Å². The highest BCUT2D eigenvalue weighted by molar-refractivity contribution is 7.92. The molecule has 4 heterocycles. The molecule has 3 aliphatic rings. The standard InChI is InChI=1S/C24H29N5O2S/c1-15-7-22-21(24(27-26-22)19-11-25-28(2)12-19)10-20(15)16-8-17-13-29(14-18(17)9-16)23-5-3-4-6-32(23,30)31/h7-8,10-12,17-18,23H,3-6,9,13-14H2,1-2H3,(H,26,27)/t17-,18+,23?/m1/s1. The van der Waals surface area contributed by atoms with Gasteiger partial charge in [-0.3, -0.25) is 14.7 Å². The summed E-state index contributed by atoms with van der Waals surface area (Å²) in [5.41, 5.74) is 6.91. The third-order valence-corrected chi connectivity index (χ3v) is 9.82. The number of aromatic nitrogens is 4. The topological polar surface area (TPSA) is 83.9 Å². The van der Waals surface area contributed by atoms with E-state index >= 15 is 0 Å². The first-order valence-corrected chi connectivity index (χ1v) is 13.2. The molecule has 32 heavy (non-hydrogen) atoms. The fourth-order valence-corrected chi connectivity index (χ4v) is 8.04. The van der Waals surface area contributed by atoms with E-state index in [0.717, 1.165) is 60.9 Å². The molecule has 2 aromatic heterocycles. The number of likely N-dealkylation sites (tertiary alicyclic amines) is 1. The first kappa shape index (κ1) is 20.2. The molecule has 2 fully saturated rings. The molecule has 1 aliphatic carbocycles. The van der Waals surface area contributed by atoms with Crippen LogP contribution in [-0.4, -0.2) is 57.5 Å². The monoisotopic (exact) mass is 451 g/mol. The van der Waals surface area contributed by atoms with Crippen molar-refractivity contribution < 1.29 is 8.42 Å². The van der Waals surface area contributed by atoms with E-state index in [1.165, 1.54) is 16.7 Å². The fraction of sp³-hybridized carbons (Fsp3) is 0.500. The van der Waals surface area contributed by atoms with Gasteiger partial charge >= 0.3 is 0 Å². The van der Waals surface area contributed by atoms with Gasteiger partial charge in [0.05, 0.1) is 17.5 Å². The number of benzene rings is 1. The number of sulfone groups is 1. The normalized spacial score (nSPS) is 27.7. The average Bonchev–Trinajstić information content (AvgIpc) is 3.49. The zero-order chi connectivity index (χ0) is 22.0. The molecular weight excluding hydrogens is 422 g/mol. The largest absolute Gasteiger partial charge is 0.286 e. The maximum atomic E-state index is 12.6. The summed E-state index contributed by atoms with van der Waals surface area (Å²) in [5.74, 6) is 1.31. The van der Waals surface area contributed by atoms with Crippen LogP contribution < -0.4 is 0 Å². The zero-order valence-corrected chi connectivity index (χ0v) is 19.4. The second kappa shape index (κ2) is 7.28. The Hall–Kier alpha value is -2.45. The van der Waals surface area contributed by atoms with Gasteiger partial charge < -0.3 is 0 Å². The smallest absolute Gasteiger partial charge is 0.166 e. The van der Waals surface area contributed by atoms with E-state index in [9.17, 15) is 8.42 Å². The summed E-state index contributed by atoms with van der Waals surface area (Å²) in [6, 6.07) is 4.46. The quantitative estimate of drug-likeness (QED) is 0.659. The van der Waals surface area contributed by atoms with Crippen molar-refractivity contribution >= 4 is 26.3 Å². The molecule has 3 aromatic rings. The number of hydrogen-bond donors (Lipinski definition) is 1. The van der Waals surface area contributed by atoms with Crippen LogP contribution in [0.25, 0.3) is 27.7 Å². The van der Waals surface area contributed by atoms with Crippen LogP contribution in [0.15, 0.2) is 30.6 Å². The van der Waals surface area contributed by atoms with E-state index in [4.69, 9.17) is 0 Å². The van der Waals surface area contributed by atoms with E-state index in [2.05, 4.69) is 45.3 Å². The lowest BCUT2D eigenvalue weighted by Gasteiger charge is -2.31. The third-order valence-electron chi connectivity index (χ3n) is 7.60. The molecule has 3 atom stereocenters. The molecule has 0 saturated carbocycles. The van der Waals surface area contributed by atoms with Gasteiger partial charge in [-0.1, -0.05) is 6.08 Å². The molecule has 1 unspecified atom stereocenters. The molecule has 0 amide bonds. The summed E-state index contributed by atoms with van der Waals surface area (Å²) < 4.78 is 27.0. The summed E-state index contributed by atoms with van der Waals surface area (Å²) in [6.07, 6.45) is 9.91. The number of rotatable bonds is 3. The molecule has 168 valence electrons. The summed E-state index contributed by atoms with van der Waals surface area (Å²) in [5, 5.41) is 12.9. The Morgan fingerprint density at radius 3 is 2.81 bits per heavy atom. The van der Waals surface area contributed by atoms with E-state index in [-0.39, 0.29) is 5.37 Å². The highest BCUT2D eigenvalue weighted by Crippen LogP contribution is 2.44. The lowest BCUT2D eigenvalue weighted by molar-refractivity contribution is 0.269. The maximum absolute atomic E-state index is 12.6. The lowest BCUT2D eigenvalue weighted by atomic mass is 9.94. The van der Waals surface area contributed by atoms with Crippen LogP contribution in [-0.2, 0) is 16.9 Å². The second-order valence-corrected chi connectivity index (χ2v) is 12.1. The van der Waals surface area contributed by atoms with Crippen molar-refractivity contribution in [3.63, 3.8) is 0 Å². The van der Waals surface area contributed by atoms with Crippen molar-refractivity contribution in [1.82, 2.24) is 24.9 Å². The molecule has 8 heteroatoms. The Kier molecular flexibility index (Phi) is 4.59. The number of nitrogens with one attached hydrogen (secondary N) is 1. The zero-order valence-electron chi connectivity index (χ0n) is 18.6. The maximum Gasteiger partial charge on any atom is 0.166 e. The van der Waals surface area contributed by atoms with Crippen LogP contribution in [0.2, 0.25) is 0 Å². The van der Waals surface area contributed by atoms with Crippen molar-refractivity contribution in [3.05, 3.63) is 41.7 Å². The SMILES string of the molecule is Cc1cc2[nH]nc(-c3cnn(C)c3)c2cc1C1=C[C@@H]2CN(C3CCCCS3(=O)=O)C[C@@H]2C1. The molecule has 0 radical (unpaired) electrons. The highest BCUT2D eigenvalue weighted by Gasteiger charge is 2.43. The minimum Gasteiger partial charge on any atom is -0.286 e. The fourth-order valence-electron chi connectivity index (χ4n) is 6.01. The summed E-state index contributed by atoms with van der Waals surface area (Å²) in [6.45, 7) is 3.92. The van der Waals surface area contributed by atoms with Crippen molar-refractivity contribution in [1.29, 1.82) is 0 Å². The van der Waals surface area contributed by atoms with Gasteiger partial charge in [-0.2, -0.15) is 10.2 Å². The second-order valence-electron chi connectivity index (χ2n) is 9.78. The molecule has 2 aliphatic heterocycles. The Bertz CT molecular complexity index is 1340. The van der Waals surface area contributed by atoms with E-state index < -0.39 is 9.84 Å². The molecule has 6 rings (SSSR count). The van der Waals surface area contributed by atoms with Crippen LogP contribution in [0.4, 0.5) is 0 Å². The Labute approximate surface area is 188 Å². The third kappa shape index (κ3) is 3.23. The van der Waals surface area contributed by atoms with Gasteiger partial charge in [0.25, 0.3) is 0 Å². The van der Waals surface area contributed by atoms with Crippen LogP contribution in [0.3, 0.4) is 0 Å². The molecule has 0 bridgehead atoms. The van der Waals surface area contributed by atoms with Crippen LogP contribution in [0, 0.1) is 18.8 Å². The lowest BCUT2D eigenvalue weighted by Crippen LogP contribution is -2.43. The van der Waals surface area contributed by atoms with Crippen molar-refractivity contribution in [2.75, 3.05) is 18.8 Å². The summed E-state index contributed by atoms with van der Waals surface area (Å²) in [7, 11) is -1.06. The van der Waals surface area contributed by atoms with Crippen LogP contribution >= 0.6 is 0 Å². The first-order chi connectivity index (χ1) is 15.4. The number of allylic oxidation sites excluding steroid dienone is 1. The number of nitrogens with zero attached hydrogens (tertiary/aromatic N) is 4. The number of H-pyrrole nitrogens is 1.